The van der Waals surface area contributed by atoms with Crippen molar-refractivity contribution in [1.82, 2.24) is 0 Å². The summed E-state index contributed by atoms with van der Waals surface area (Å²) in [6, 6.07) is 36.6. The second-order valence-corrected chi connectivity index (χ2v) is 16.2. The highest BCUT2D eigenvalue weighted by molar-refractivity contribution is 6.09. The average molecular weight is 701 g/mol. The SMILES string of the molecule is C1=CC(c2ccccc2)(c2ccc(N3CCOCC3)cc2)Oc2c1c1c(c3ccccc23)-c2ccc(N3CCOCC3)cc2C12C1CCCC2CCC1. The number of hydrogen-bond acceptors (Lipinski definition) is 5. The number of nitrogens with zero attached hydrogens (tertiary/aromatic N) is 2. The molecule has 1 atom stereocenters. The zero-order valence-electron chi connectivity index (χ0n) is 30.6. The smallest absolute Gasteiger partial charge is 0.178 e. The van der Waals surface area contributed by atoms with Crippen LogP contribution in [0.1, 0.15) is 66.3 Å². The molecule has 11 rings (SSSR count). The van der Waals surface area contributed by atoms with Gasteiger partial charge in [0.2, 0.25) is 0 Å². The quantitative estimate of drug-likeness (QED) is 0.187. The van der Waals surface area contributed by atoms with E-state index in [0.717, 1.165) is 69.5 Å². The van der Waals surface area contributed by atoms with Crippen molar-refractivity contribution in [2.24, 2.45) is 11.8 Å². The summed E-state index contributed by atoms with van der Waals surface area (Å²) in [5, 5.41) is 2.53. The van der Waals surface area contributed by atoms with Crippen LogP contribution in [0.25, 0.3) is 28.0 Å². The van der Waals surface area contributed by atoms with Crippen LogP contribution in [0.3, 0.4) is 0 Å². The Morgan fingerprint density at radius 1 is 0.585 bits per heavy atom. The first-order valence-electron chi connectivity index (χ1n) is 20.2. The van der Waals surface area contributed by atoms with Gasteiger partial charge in [0.25, 0.3) is 0 Å². The van der Waals surface area contributed by atoms with E-state index in [2.05, 4.69) is 119 Å². The molecule has 2 saturated carbocycles. The van der Waals surface area contributed by atoms with Gasteiger partial charge in [0.15, 0.2) is 5.60 Å². The Hall–Kier alpha value is -4.58. The van der Waals surface area contributed by atoms with Crippen LogP contribution in [0.2, 0.25) is 0 Å². The lowest BCUT2D eigenvalue weighted by molar-refractivity contribution is 0.0863. The van der Waals surface area contributed by atoms with Gasteiger partial charge < -0.3 is 24.0 Å². The Bertz CT molecular complexity index is 2190. The number of hydrogen-bond donors (Lipinski definition) is 0. The summed E-state index contributed by atoms with van der Waals surface area (Å²) in [6.45, 7) is 6.90. The van der Waals surface area contributed by atoms with Gasteiger partial charge in [0, 0.05) is 65.0 Å². The number of ether oxygens (including phenoxy) is 3. The molecular formula is C48H48N2O3. The fourth-order valence-electron chi connectivity index (χ4n) is 11.6. The molecule has 6 aliphatic rings. The fourth-order valence-corrected chi connectivity index (χ4v) is 11.6. The molecule has 5 aromatic rings. The van der Waals surface area contributed by atoms with E-state index in [-0.39, 0.29) is 5.41 Å². The van der Waals surface area contributed by atoms with Crippen molar-refractivity contribution in [3.05, 3.63) is 131 Å². The Kier molecular flexibility index (Phi) is 7.52. The molecule has 1 spiro atoms. The summed E-state index contributed by atoms with van der Waals surface area (Å²) in [7, 11) is 0. The normalized spacial score (nSPS) is 27.3. The van der Waals surface area contributed by atoms with E-state index in [9.17, 15) is 0 Å². The van der Waals surface area contributed by atoms with Gasteiger partial charge >= 0.3 is 0 Å². The highest BCUT2D eigenvalue weighted by Gasteiger charge is 2.58. The van der Waals surface area contributed by atoms with Crippen molar-refractivity contribution in [1.29, 1.82) is 0 Å². The van der Waals surface area contributed by atoms with E-state index in [1.165, 1.54) is 77.4 Å². The number of rotatable bonds is 4. The molecule has 1 unspecified atom stereocenters. The molecule has 0 N–H and O–H groups in total. The molecular weight excluding hydrogens is 653 g/mol. The van der Waals surface area contributed by atoms with Gasteiger partial charge in [-0.1, -0.05) is 91.7 Å². The first kappa shape index (κ1) is 31.9. The molecule has 5 heteroatoms. The first-order valence-corrected chi connectivity index (χ1v) is 20.2. The van der Waals surface area contributed by atoms with Crippen molar-refractivity contribution in [3.63, 3.8) is 0 Å². The number of fused-ring (bicyclic) bond motifs is 8. The van der Waals surface area contributed by atoms with Crippen LogP contribution in [-0.4, -0.2) is 52.6 Å². The van der Waals surface area contributed by atoms with Gasteiger partial charge in [-0.2, -0.15) is 0 Å². The summed E-state index contributed by atoms with van der Waals surface area (Å²) in [4.78, 5) is 4.98. The van der Waals surface area contributed by atoms with Gasteiger partial charge in [-0.25, -0.2) is 0 Å². The van der Waals surface area contributed by atoms with E-state index >= 15 is 0 Å². The number of benzene rings is 5. The Labute approximate surface area is 313 Å². The van der Waals surface area contributed by atoms with Gasteiger partial charge in [-0.3, -0.25) is 0 Å². The minimum absolute atomic E-state index is 0.0160. The lowest BCUT2D eigenvalue weighted by Crippen LogP contribution is -2.48. The van der Waals surface area contributed by atoms with E-state index in [1.54, 1.807) is 11.1 Å². The number of morpholine rings is 2. The van der Waals surface area contributed by atoms with Gasteiger partial charge in [-0.05, 0) is 95.5 Å². The second kappa shape index (κ2) is 12.5. The van der Waals surface area contributed by atoms with Crippen LogP contribution in [-0.2, 0) is 20.5 Å². The summed E-state index contributed by atoms with van der Waals surface area (Å²) in [6.07, 6.45) is 12.7. The molecule has 0 amide bonds. The standard InChI is InChI=1S/C48H48N2O3/c1-2-8-33(9-3-1)47(34-16-18-37(19-17-34)49-24-28-51-29-25-49)23-22-42-45-44(39-14-4-5-15-40(39)46(42)53-47)41-21-20-38(50-26-30-52-31-27-50)32-43(41)48(45)35-10-6-11-36(48)13-7-12-35/h1-5,8-9,14-23,32,35-36H,6-7,10-13,24-31H2. The largest absolute Gasteiger partial charge is 0.472 e. The van der Waals surface area contributed by atoms with Crippen LogP contribution in [0, 0.1) is 11.8 Å². The maximum absolute atomic E-state index is 7.75. The van der Waals surface area contributed by atoms with Gasteiger partial charge in [0.1, 0.15) is 5.75 Å². The molecule has 3 heterocycles. The zero-order chi connectivity index (χ0) is 35.0. The summed E-state index contributed by atoms with van der Waals surface area (Å²) >= 11 is 0. The predicted molar refractivity (Wildman–Crippen MR) is 214 cm³/mol. The monoisotopic (exact) mass is 700 g/mol. The van der Waals surface area contributed by atoms with Crippen molar-refractivity contribution in [2.45, 2.75) is 49.5 Å². The molecule has 2 saturated heterocycles. The molecule has 3 aliphatic carbocycles. The van der Waals surface area contributed by atoms with E-state index in [1.807, 2.05) is 0 Å². The highest BCUT2D eigenvalue weighted by atomic mass is 16.5. The van der Waals surface area contributed by atoms with Crippen molar-refractivity contribution >= 4 is 28.2 Å². The Morgan fingerprint density at radius 2 is 1.17 bits per heavy atom. The van der Waals surface area contributed by atoms with Crippen LogP contribution >= 0.6 is 0 Å². The van der Waals surface area contributed by atoms with Crippen molar-refractivity contribution in [2.75, 3.05) is 62.4 Å². The van der Waals surface area contributed by atoms with E-state index in [0.29, 0.717) is 11.8 Å². The third-order valence-electron chi connectivity index (χ3n) is 13.8. The van der Waals surface area contributed by atoms with Gasteiger partial charge in [0.05, 0.1) is 26.4 Å². The summed E-state index contributed by atoms with van der Waals surface area (Å²) < 4.78 is 19.2. The zero-order valence-corrected chi connectivity index (χ0v) is 30.6. The van der Waals surface area contributed by atoms with E-state index < -0.39 is 5.60 Å². The molecule has 268 valence electrons. The lowest BCUT2D eigenvalue weighted by atomic mass is 9.50. The molecule has 0 aromatic heterocycles. The molecule has 0 radical (unpaired) electrons. The highest BCUT2D eigenvalue weighted by Crippen LogP contribution is 2.68. The first-order chi connectivity index (χ1) is 26.3. The maximum Gasteiger partial charge on any atom is 0.178 e. The molecule has 4 fully saturated rings. The molecule has 5 aromatic carbocycles. The Morgan fingerprint density at radius 3 is 1.85 bits per heavy atom. The van der Waals surface area contributed by atoms with Gasteiger partial charge in [-0.15, -0.1) is 0 Å². The second-order valence-electron chi connectivity index (χ2n) is 16.2. The lowest BCUT2D eigenvalue weighted by Gasteiger charge is -2.53. The van der Waals surface area contributed by atoms with Crippen molar-refractivity contribution < 1.29 is 14.2 Å². The van der Waals surface area contributed by atoms with Crippen LogP contribution in [0.15, 0.2) is 103 Å². The minimum Gasteiger partial charge on any atom is -0.472 e. The van der Waals surface area contributed by atoms with Crippen molar-refractivity contribution in [3.8, 4) is 16.9 Å². The topological polar surface area (TPSA) is 34.2 Å². The van der Waals surface area contributed by atoms with Crippen LogP contribution < -0.4 is 14.5 Å². The predicted octanol–water partition coefficient (Wildman–Crippen LogP) is 9.73. The number of anilines is 2. The maximum atomic E-state index is 7.75. The molecule has 53 heavy (non-hydrogen) atoms. The van der Waals surface area contributed by atoms with Crippen LogP contribution in [0.4, 0.5) is 11.4 Å². The average Bonchev–Trinajstić information content (AvgIpc) is 3.51. The summed E-state index contributed by atoms with van der Waals surface area (Å²) in [5.41, 5.74) is 11.4. The van der Waals surface area contributed by atoms with E-state index in [4.69, 9.17) is 14.2 Å². The summed E-state index contributed by atoms with van der Waals surface area (Å²) in [5.74, 6) is 2.29. The third kappa shape index (κ3) is 4.69. The van der Waals surface area contributed by atoms with Crippen LogP contribution in [0.5, 0.6) is 5.75 Å². The third-order valence-corrected chi connectivity index (χ3v) is 13.8. The fraction of sp³-hybridized carbons (Fsp3) is 0.375. The molecule has 2 bridgehead atoms. The Balaban J connectivity index is 1.14. The molecule has 3 aliphatic heterocycles. The molecule has 5 nitrogen and oxygen atoms in total. The minimum atomic E-state index is -0.765.